The zero-order chi connectivity index (χ0) is 60.2. The van der Waals surface area contributed by atoms with Crippen LogP contribution in [0.25, 0.3) is 44.5 Å². The molecule has 2 N–H and O–H groups in total. The maximum Gasteiger partial charge on any atom is 0.326 e. The molecule has 8 rings (SSSR count). The van der Waals surface area contributed by atoms with Gasteiger partial charge in [0.15, 0.2) is 8.38 Å². The minimum atomic E-state index is -2.34. The predicted octanol–water partition coefficient (Wildman–Crippen LogP) is 21.7. The first-order valence-electron chi connectivity index (χ1n) is 29.7. The Balaban J connectivity index is 0.000000237. The maximum atomic E-state index is 10.9. The van der Waals surface area contributed by atoms with Crippen molar-refractivity contribution in [2.45, 2.75) is 184 Å². The molecule has 0 aliphatic heterocycles. The SMILES string of the molecule is CC(C)(C)c1ccc(OP(Oc2ccc(C(C)(C)C)cc2C(C)(C)C)c2cccc(-c3ccccc3)c2)c(C(C)(C)C)c1.CC(C)c1cccc(C(C)C)c1-c1c(-c2ccccc2)ccc(P(O)O)c1-c1c(C(C)C)cccc1C(C)C. The lowest BCUT2D eigenvalue weighted by atomic mass is 9.76. The second-order valence-corrected chi connectivity index (χ2v) is 30.0. The molecule has 0 bridgehead atoms. The summed E-state index contributed by atoms with van der Waals surface area (Å²) in [6, 6.07) is 60.3. The van der Waals surface area contributed by atoms with Gasteiger partial charge in [-0.25, -0.2) is 0 Å². The van der Waals surface area contributed by atoms with Crippen LogP contribution in [0.15, 0.2) is 170 Å². The van der Waals surface area contributed by atoms with E-state index in [0.29, 0.717) is 17.1 Å². The molecule has 6 heteroatoms. The minimum absolute atomic E-state index is 0.0419. The van der Waals surface area contributed by atoms with Gasteiger partial charge in [0.1, 0.15) is 11.5 Å². The van der Waals surface area contributed by atoms with E-state index < -0.39 is 16.8 Å². The van der Waals surface area contributed by atoms with Crippen LogP contribution in [0.1, 0.15) is 207 Å². The molecular weight excluding hydrogens is 1040 g/mol. The summed E-state index contributed by atoms with van der Waals surface area (Å²) in [7, 11) is -3.86. The van der Waals surface area contributed by atoms with E-state index in [0.717, 1.165) is 50.2 Å². The van der Waals surface area contributed by atoms with E-state index in [4.69, 9.17) is 9.05 Å². The summed E-state index contributed by atoms with van der Waals surface area (Å²) >= 11 is 0. The van der Waals surface area contributed by atoms with Gasteiger partial charge >= 0.3 is 8.38 Å². The summed E-state index contributed by atoms with van der Waals surface area (Å²) in [5.74, 6) is 2.89. The molecule has 0 unspecified atom stereocenters. The predicted molar refractivity (Wildman–Crippen MR) is 357 cm³/mol. The van der Waals surface area contributed by atoms with Gasteiger partial charge in [-0.3, -0.25) is 0 Å². The van der Waals surface area contributed by atoms with Crippen molar-refractivity contribution in [3.05, 3.63) is 214 Å². The van der Waals surface area contributed by atoms with Gasteiger partial charge in [0.05, 0.1) is 5.30 Å². The maximum absolute atomic E-state index is 10.9. The molecule has 0 radical (unpaired) electrons. The molecule has 4 nitrogen and oxygen atoms in total. The molecule has 0 saturated heterocycles. The molecule has 0 fully saturated rings. The van der Waals surface area contributed by atoms with Crippen LogP contribution >= 0.6 is 16.8 Å². The Morgan fingerprint density at radius 3 is 1.10 bits per heavy atom. The van der Waals surface area contributed by atoms with E-state index in [1.54, 1.807) is 0 Å². The van der Waals surface area contributed by atoms with Crippen LogP contribution in [0.5, 0.6) is 11.5 Å². The first kappa shape index (κ1) is 63.7. The highest BCUT2D eigenvalue weighted by Gasteiger charge is 2.32. The van der Waals surface area contributed by atoms with E-state index in [1.165, 1.54) is 55.6 Å². The second-order valence-electron chi connectivity index (χ2n) is 27.6. The van der Waals surface area contributed by atoms with Crippen LogP contribution < -0.4 is 19.7 Å². The smallest absolute Gasteiger partial charge is 0.326 e. The number of rotatable bonds is 14. The van der Waals surface area contributed by atoms with E-state index in [1.807, 2.05) is 12.1 Å². The van der Waals surface area contributed by atoms with E-state index in [9.17, 15) is 9.79 Å². The van der Waals surface area contributed by atoms with Gasteiger partial charge in [-0.15, -0.1) is 0 Å². The first-order valence-corrected chi connectivity index (χ1v) is 32.1. The van der Waals surface area contributed by atoms with Crippen LogP contribution in [0, 0.1) is 0 Å². The van der Waals surface area contributed by atoms with Crippen molar-refractivity contribution in [1.82, 2.24) is 0 Å². The molecular formula is C76H94O4P2. The summed E-state index contributed by atoms with van der Waals surface area (Å²) in [5.41, 5.74) is 18.9. The highest BCUT2D eigenvalue weighted by atomic mass is 31.2. The zero-order valence-electron chi connectivity index (χ0n) is 53.1. The van der Waals surface area contributed by atoms with Crippen LogP contribution in [0.2, 0.25) is 0 Å². The number of hydrogen-bond acceptors (Lipinski definition) is 4. The van der Waals surface area contributed by atoms with Crippen LogP contribution in [-0.4, -0.2) is 9.79 Å². The van der Waals surface area contributed by atoms with Crippen molar-refractivity contribution in [3.63, 3.8) is 0 Å². The Morgan fingerprint density at radius 2 is 0.720 bits per heavy atom. The van der Waals surface area contributed by atoms with Crippen LogP contribution in [-0.2, 0) is 21.7 Å². The quantitative estimate of drug-likeness (QED) is 0.107. The van der Waals surface area contributed by atoms with Gasteiger partial charge in [0.25, 0.3) is 0 Å². The van der Waals surface area contributed by atoms with Crippen LogP contribution in [0.4, 0.5) is 0 Å². The van der Waals surface area contributed by atoms with Crippen molar-refractivity contribution in [3.8, 4) is 56.0 Å². The van der Waals surface area contributed by atoms with Gasteiger partial charge in [-0.05, 0) is 148 Å². The Bertz CT molecular complexity index is 3300. The summed E-state index contributed by atoms with van der Waals surface area (Å²) < 4.78 is 14.1. The Kier molecular flexibility index (Phi) is 20.2. The molecule has 0 spiro atoms. The summed E-state index contributed by atoms with van der Waals surface area (Å²) in [6.07, 6.45) is 0. The summed E-state index contributed by atoms with van der Waals surface area (Å²) in [5, 5.41) is 1.65. The molecule has 8 aromatic carbocycles. The lowest BCUT2D eigenvalue weighted by molar-refractivity contribution is 0.466. The average molecular weight is 1130 g/mol. The molecule has 8 aromatic rings. The minimum Gasteiger partial charge on any atom is -0.435 e. The van der Waals surface area contributed by atoms with Gasteiger partial charge in [0, 0.05) is 22.0 Å². The van der Waals surface area contributed by atoms with E-state index >= 15 is 0 Å². The van der Waals surface area contributed by atoms with Crippen molar-refractivity contribution in [1.29, 1.82) is 0 Å². The highest BCUT2D eigenvalue weighted by Crippen LogP contribution is 2.52. The van der Waals surface area contributed by atoms with Gasteiger partial charge < -0.3 is 18.8 Å². The summed E-state index contributed by atoms with van der Waals surface area (Å²) in [6.45, 7) is 45.0. The molecule has 0 amide bonds. The van der Waals surface area contributed by atoms with Crippen molar-refractivity contribution < 1.29 is 18.8 Å². The Hall–Kier alpha value is -5.86. The van der Waals surface area contributed by atoms with Gasteiger partial charge in [-0.2, -0.15) is 0 Å². The lowest BCUT2D eigenvalue weighted by Crippen LogP contribution is -2.20. The van der Waals surface area contributed by atoms with Crippen molar-refractivity contribution in [2.75, 3.05) is 0 Å². The normalized spacial score (nSPS) is 12.4. The molecule has 0 heterocycles. The highest BCUT2D eigenvalue weighted by molar-refractivity contribution is 7.56. The molecule has 0 saturated carbocycles. The van der Waals surface area contributed by atoms with Gasteiger partial charge in [-0.1, -0.05) is 278 Å². The molecule has 0 aliphatic rings. The zero-order valence-corrected chi connectivity index (χ0v) is 54.9. The second kappa shape index (κ2) is 26.0. The Morgan fingerprint density at radius 1 is 0.341 bits per heavy atom. The first-order chi connectivity index (χ1) is 38.4. The molecule has 0 atom stereocenters. The van der Waals surface area contributed by atoms with Crippen LogP contribution in [0.3, 0.4) is 0 Å². The van der Waals surface area contributed by atoms with Gasteiger partial charge in [0.2, 0.25) is 0 Å². The molecule has 432 valence electrons. The van der Waals surface area contributed by atoms with E-state index in [-0.39, 0.29) is 33.5 Å². The fourth-order valence-electron chi connectivity index (χ4n) is 10.9. The van der Waals surface area contributed by atoms with Crippen molar-refractivity contribution >= 4 is 27.4 Å². The van der Waals surface area contributed by atoms with E-state index in [2.05, 4.69) is 296 Å². The lowest BCUT2D eigenvalue weighted by Gasteiger charge is -2.30. The Labute approximate surface area is 497 Å². The molecule has 0 aromatic heterocycles. The number of benzene rings is 8. The third kappa shape index (κ3) is 14.9. The number of hydrogen-bond donors (Lipinski definition) is 2. The topological polar surface area (TPSA) is 58.9 Å². The third-order valence-corrected chi connectivity index (χ3v) is 17.8. The fourth-order valence-corrected chi connectivity index (χ4v) is 12.9. The standard InChI is InChI=1S/C40H51O2P.C36H43O2P/c1-37(2,3)30-21-23-35(33(26-30)39(7,8)9)41-43(32-20-16-19-29(25-32)28-17-14-13-15-18-28)42-36-24-22-31(38(4,5)6)27-34(36)40(10,11)12;1-22(2)27-16-12-17-28(23(3)4)33(27)35-31(26-14-10-9-11-15-26)20-21-32(39(37)38)36(35)34-29(24(5)6)18-13-19-30(34)25(7)8/h13-27H,1-12H3;9-25,37-38H,1-8H3. The third-order valence-electron chi connectivity index (χ3n) is 15.6. The fraction of sp³-hybridized carbons (Fsp3) is 0.368. The summed E-state index contributed by atoms with van der Waals surface area (Å²) in [4.78, 5) is 21.9. The molecule has 0 aliphatic carbocycles. The average Bonchev–Trinajstić information content (AvgIpc) is 1.98. The largest absolute Gasteiger partial charge is 0.435 e. The monoisotopic (exact) mass is 1130 g/mol. The van der Waals surface area contributed by atoms with Crippen molar-refractivity contribution in [2.24, 2.45) is 0 Å². The molecule has 82 heavy (non-hydrogen) atoms.